The topological polar surface area (TPSA) is 68.5 Å². The maximum Gasteiger partial charge on any atom is 0.225 e. The van der Waals surface area contributed by atoms with Gasteiger partial charge in [0.1, 0.15) is 0 Å². The molecule has 1 aromatic carbocycles. The number of nitrogens with two attached hydrogens (primary N) is 1. The van der Waals surface area contributed by atoms with E-state index in [-0.39, 0.29) is 17.9 Å². The number of ether oxygens (including phenoxy) is 1. The fraction of sp³-hybridized carbons (Fsp3) is 0.524. The molecule has 5 nitrogen and oxygen atoms in total. The molecular weight excluding hydrogens is 326 g/mol. The summed E-state index contributed by atoms with van der Waals surface area (Å²) < 4.78 is 5.74. The van der Waals surface area contributed by atoms with Crippen LogP contribution in [0.15, 0.2) is 30.3 Å². The lowest BCUT2D eigenvalue weighted by Crippen LogP contribution is -2.41. The van der Waals surface area contributed by atoms with Crippen molar-refractivity contribution in [1.29, 1.82) is 0 Å². The smallest absolute Gasteiger partial charge is 0.225 e. The van der Waals surface area contributed by atoms with E-state index in [4.69, 9.17) is 15.5 Å². The monoisotopic (exact) mass is 353 g/mol. The Morgan fingerprint density at radius 3 is 2.96 bits per heavy atom. The summed E-state index contributed by atoms with van der Waals surface area (Å²) in [6, 6.07) is 10.1. The summed E-state index contributed by atoms with van der Waals surface area (Å²) >= 11 is 0. The maximum absolute atomic E-state index is 12.7. The summed E-state index contributed by atoms with van der Waals surface area (Å²) in [4.78, 5) is 19.5. The summed E-state index contributed by atoms with van der Waals surface area (Å²) in [5.41, 5.74) is 8.95. The number of para-hydroxylation sites is 1. The lowest BCUT2D eigenvalue weighted by atomic mass is 9.92. The lowest BCUT2D eigenvalue weighted by molar-refractivity contribution is -0.136. The highest BCUT2D eigenvalue weighted by Gasteiger charge is 2.29. The van der Waals surface area contributed by atoms with Crippen molar-refractivity contribution in [2.45, 2.75) is 50.5 Å². The standard InChI is InChI=1S/C21H27N3O2/c22-18-12-15-6-1-2-9-19(15)23-21(18)16-7-5-10-24(14-16)20(25)13-17-8-3-4-11-26-17/h1-2,6,9,12,16-17H,3-5,7-8,10-11,13-14,22H2/t16-,17-/m1/s1. The van der Waals surface area contributed by atoms with E-state index in [2.05, 4.69) is 0 Å². The molecule has 0 radical (unpaired) electrons. The zero-order valence-electron chi connectivity index (χ0n) is 15.2. The van der Waals surface area contributed by atoms with Crippen molar-refractivity contribution in [1.82, 2.24) is 9.88 Å². The van der Waals surface area contributed by atoms with Crippen molar-refractivity contribution in [2.24, 2.45) is 0 Å². The second kappa shape index (κ2) is 7.62. The van der Waals surface area contributed by atoms with E-state index in [0.717, 1.165) is 67.5 Å². The average Bonchev–Trinajstić information content (AvgIpc) is 2.68. The summed E-state index contributed by atoms with van der Waals surface area (Å²) in [6.45, 7) is 2.33. The number of hydrogen-bond donors (Lipinski definition) is 1. The quantitative estimate of drug-likeness (QED) is 0.917. The van der Waals surface area contributed by atoms with Crippen molar-refractivity contribution in [3.05, 3.63) is 36.0 Å². The molecule has 2 aliphatic rings. The van der Waals surface area contributed by atoms with Crippen molar-refractivity contribution < 1.29 is 9.53 Å². The van der Waals surface area contributed by atoms with Gasteiger partial charge in [-0.3, -0.25) is 9.78 Å². The van der Waals surface area contributed by atoms with Crippen LogP contribution in [0.3, 0.4) is 0 Å². The van der Waals surface area contributed by atoms with Crippen molar-refractivity contribution in [2.75, 3.05) is 25.4 Å². The van der Waals surface area contributed by atoms with Crippen LogP contribution in [0.1, 0.15) is 50.1 Å². The second-order valence-corrected chi connectivity index (χ2v) is 7.53. The summed E-state index contributed by atoms with van der Waals surface area (Å²) in [6.07, 6.45) is 5.91. The third-order valence-corrected chi connectivity index (χ3v) is 5.62. The van der Waals surface area contributed by atoms with E-state index in [1.54, 1.807) is 0 Å². The molecule has 5 heteroatoms. The molecule has 2 N–H and O–H groups in total. The Morgan fingerprint density at radius 2 is 2.12 bits per heavy atom. The van der Waals surface area contributed by atoms with Gasteiger partial charge in [-0.1, -0.05) is 18.2 Å². The van der Waals surface area contributed by atoms with Crippen molar-refractivity contribution in [3.8, 4) is 0 Å². The number of fused-ring (bicyclic) bond motifs is 1. The normalized spacial score (nSPS) is 23.9. The first-order valence-electron chi connectivity index (χ1n) is 9.75. The Hall–Kier alpha value is -2.14. The summed E-state index contributed by atoms with van der Waals surface area (Å²) in [5, 5.41) is 1.06. The number of benzene rings is 1. The first-order chi connectivity index (χ1) is 12.7. The van der Waals surface area contributed by atoms with E-state index in [1.165, 1.54) is 0 Å². The predicted octanol–water partition coefficient (Wildman–Crippen LogP) is 3.48. The summed E-state index contributed by atoms with van der Waals surface area (Å²) in [5.74, 6) is 0.422. The van der Waals surface area contributed by atoms with Gasteiger partial charge in [0.15, 0.2) is 0 Å². The van der Waals surface area contributed by atoms with Crippen LogP contribution in [-0.4, -0.2) is 41.6 Å². The fourth-order valence-corrected chi connectivity index (χ4v) is 4.19. The molecule has 0 spiro atoms. The molecule has 1 aromatic heterocycles. The van der Waals surface area contributed by atoms with Gasteiger partial charge in [-0.2, -0.15) is 0 Å². The molecule has 4 rings (SSSR count). The molecule has 3 heterocycles. The third-order valence-electron chi connectivity index (χ3n) is 5.62. The number of carbonyl (C=O) groups is 1. The molecule has 2 aliphatic heterocycles. The molecule has 0 aliphatic carbocycles. The fourth-order valence-electron chi connectivity index (χ4n) is 4.19. The van der Waals surface area contributed by atoms with Gasteiger partial charge in [0.05, 0.1) is 29.4 Å². The number of anilines is 1. The molecule has 0 unspecified atom stereocenters. The van der Waals surface area contributed by atoms with Gasteiger partial charge in [0, 0.05) is 31.0 Å². The molecular formula is C21H27N3O2. The van der Waals surface area contributed by atoms with Crippen LogP contribution in [0.5, 0.6) is 0 Å². The molecule has 2 aromatic rings. The van der Waals surface area contributed by atoms with Gasteiger partial charge >= 0.3 is 0 Å². The molecule has 2 fully saturated rings. The highest BCUT2D eigenvalue weighted by atomic mass is 16.5. The van der Waals surface area contributed by atoms with Gasteiger partial charge in [-0.25, -0.2) is 0 Å². The van der Waals surface area contributed by atoms with Crippen LogP contribution in [0.2, 0.25) is 0 Å². The number of rotatable bonds is 3. The highest BCUT2D eigenvalue weighted by Crippen LogP contribution is 2.32. The van der Waals surface area contributed by atoms with Crippen LogP contribution in [0.4, 0.5) is 5.69 Å². The molecule has 26 heavy (non-hydrogen) atoms. The number of carbonyl (C=O) groups excluding carboxylic acids is 1. The van der Waals surface area contributed by atoms with Crippen LogP contribution in [0.25, 0.3) is 10.9 Å². The molecule has 1 amide bonds. The maximum atomic E-state index is 12.7. The number of likely N-dealkylation sites (tertiary alicyclic amines) is 1. The number of pyridine rings is 1. The highest BCUT2D eigenvalue weighted by molar-refractivity contribution is 5.82. The SMILES string of the molecule is Nc1cc2ccccc2nc1[C@@H]1CCCN(C(=O)C[C@H]2CCCCO2)C1. The lowest BCUT2D eigenvalue weighted by Gasteiger charge is -2.34. The van der Waals surface area contributed by atoms with E-state index in [9.17, 15) is 4.79 Å². The first kappa shape index (κ1) is 17.3. The zero-order chi connectivity index (χ0) is 17.9. The van der Waals surface area contributed by atoms with Gasteiger partial charge in [-0.15, -0.1) is 0 Å². The van der Waals surface area contributed by atoms with E-state index in [0.29, 0.717) is 13.0 Å². The number of aromatic nitrogens is 1. The molecule has 138 valence electrons. The minimum Gasteiger partial charge on any atom is -0.397 e. The predicted molar refractivity (Wildman–Crippen MR) is 103 cm³/mol. The Kier molecular flexibility index (Phi) is 5.07. The zero-order valence-corrected chi connectivity index (χ0v) is 15.2. The number of amides is 1. The number of hydrogen-bond acceptors (Lipinski definition) is 4. The Bertz CT molecular complexity index is 786. The number of nitrogens with zero attached hydrogens (tertiary/aromatic N) is 2. The Morgan fingerprint density at radius 1 is 1.23 bits per heavy atom. The second-order valence-electron chi connectivity index (χ2n) is 7.53. The minimum absolute atomic E-state index is 0.0977. The average molecular weight is 353 g/mol. The Labute approximate surface area is 154 Å². The van der Waals surface area contributed by atoms with Gasteiger partial charge in [0.25, 0.3) is 0 Å². The number of piperidine rings is 1. The van der Waals surface area contributed by atoms with Crippen LogP contribution in [-0.2, 0) is 9.53 Å². The van der Waals surface area contributed by atoms with E-state index in [1.807, 2.05) is 35.2 Å². The first-order valence-corrected chi connectivity index (χ1v) is 9.75. The van der Waals surface area contributed by atoms with Crippen molar-refractivity contribution >= 4 is 22.5 Å². The molecule has 0 saturated carbocycles. The van der Waals surface area contributed by atoms with Gasteiger partial charge < -0.3 is 15.4 Å². The molecule has 2 saturated heterocycles. The summed E-state index contributed by atoms with van der Waals surface area (Å²) in [7, 11) is 0. The molecule has 0 bridgehead atoms. The molecule has 2 atom stereocenters. The number of nitrogen functional groups attached to an aromatic ring is 1. The minimum atomic E-state index is 0.0977. The van der Waals surface area contributed by atoms with Crippen LogP contribution >= 0.6 is 0 Å². The third kappa shape index (κ3) is 3.68. The van der Waals surface area contributed by atoms with Gasteiger partial charge in [-0.05, 0) is 44.2 Å². The van der Waals surface area contributed by atoms with E-state index < -0.39 is 0 Å². The van der Waals surface area contributed by atoms with Gasteiger partial charge in [0.2, 0.25) is 5.91 Å². The van der Waals surface area contributed by atoms with E-state index >= 15 is 0 Å². The van der Waals surface area contributed by atoms with Crippen LogP contribution in [0, 0.1) is 0 Å². The largest absolute Gasteiger partial charge is 0.397 e. The van der Waals surface area contributed by atoms with Crippen LogP contribution < -0.4 is 5.73 Å². The van der Waals surface area contributed by atoms with Crippen molar-refractivity contribution in [3.63, 3.8) is 0 Å². The Balaban J connectivity index is 1.48.